The van der Waals surface area contributed by atoms with E-state index in [0.29, 0.717) is 12.0 Å². The first-order valence-electron chi connectivity index (χ1n) is 6.39. The third kappa shape index (κ3) is 3.04. The van der Waals surface area contributed by atoms with E-state index >= 15 is 0 Å². The van der Waals surface area contributed by atoms with Gasteiger partial charge >= 0.3 is 11.9 Å². The van der Waals surface area contributed by atoms with E-state index in [1.165, 1.54) is 6.92 Å². The van der Waals surface area contributed by atoms with Gasteiger partial charge in [-0.2, -0.15) is 0 Å². The molecule has 0 aromatic carbocycles. The first kappa shape index (κ1) is 13.8. The van der Waals surface area contributed by atoms with Crippen molar-refractivity contribution in [3.8, 4) is 0 Å². The summed E-state index contributed by atoms with van der Waals surface area (Å²) in [5.74, 6) is -0.796. The second-order valence-electron chi connectivity index (χ2n) is 4.76. The van der Waals surface area contributed by atoms with Crippen LogP contribution in [0.2, 0.25) is 0 Å². The van der Waals surface area contributed by atoms with Crippen LogP contribution in [0, 0.1) is 0 Å². The van der Waals surface area contributed by atoms with E-state index in [4.69, 9.17) is 14.2 Å². The van der Waals surface area contributed by atoms with Crippen LogP contribution >= 0.6 is 0 Å². The lowest BCUT2D eigenvalue weighted by molar-refractivity contribution is -0.164. The van der Waals surface area contributed by atoms with Gasteiger partial charge in [-0.15, -0.1) is 0 Å². The number of fused-ring (bicyclic) bond motifs is 1. The number of cyclic esters (lactones) is 1. The first-order chi connectivity index (χ1) is 9.01. The van der Waals surface area contributed by atoms with Crippen LogP contribution in [0.4, 0.5) is 0 Å². The normalized spacial score (nSPS) is 34.5. The average molecular weight is 266 g/mol. The molecule has 19 heavy (non-hydrogen) atoms. The molecule has 0 radical (unpaired) electrons. The Balaban J connectivity index is 2.26. The molecule has 2 rings (SSSR count). The molecule has 0 amide bonds. The topological polar surface area (TPSA) is 61.8 Å². The molecule has 1 fully saturated rings. The zero-order valence-electron chi connectivity index (χ0n) is 11.3. The van der Waals surface area contributed by atoms with Crippen LogP contribution in [0.3, 0.4) is 0 Å². The van der Waals surface area contributed by atoms with Gasteiger partial charge in [0, 0.05) is 13.3 Å². The molecule has 0 N–H and O–H groups in total. The van der Waals surface area contributed by atoms with Gasteiger partial charge in [-0.05, 0) is 19.9 Å². The summed E-state index contributed by atoms with van der Waals surface area (Å²) in [5, 5.41) is 0. The minimum Gasteiger partial charge on any atom is -0.459 e. The molecular formula is C14H18O5. The Kier molecular flexibility index (Phi) is 4.04. The molecule has 5 heteroatoms. The Morgan fingerprint density at radius 1 is 1.53 bits per heavy atom. The van der Waals surface area contributed by atoms with Crippen molar-refractivity contribution in [2.24, 2.45) is 0 Å². The second-order valence-corrected chi connectivity index (χ2v) is 4.76. The predicted octanol–water partition coefficient (Wildman–Crippen LogP) is 1.52. The van der Waals surface area contributed by atoms with Crippen LogP contribution in [0.1, 0.15) is 27.2 Å². The molecule has 0 aromatic rings. The predicted molar refractivity (Wildman–Crippen MR) is 67.3 cm³/mol. The molecule has 0 saturated carbocycles. The number of rotatable bonds is 2. The minimum atomic E-state index is -0.582. The fourth-order valence-electron chi connectivity index (χ4n) is 2.34. The summed E-state index contributed by atoms with van der Waals surface area (Å²) in [6.07, 6.45) is 4.54. The molecule has 0 spiro atoms. The van der Waals surface area contributed by atoms with Gasteiger partial charge in [0.25, 0.3) is 0 Å². The summed E-state index contributed by atoms with van der Waals surface area (Å²) < 4.78 is 16.2. The number of carbonyl (C=O) groups excluding carboxylic acids is 2. The molecule has 2 aliphatic rings. The van der Waals surface area contributed by atoms with E-state index in [9.17, 15) is 9.59 Å². The van der Waals surface area contributed by atoms with Crippen LogP contribution < -0.4 is 0 Å². The monoisotopic (exact) mass is 266 g/mol. The van der Waals surface area contributed by atoms with Gasteiger partial charge in [0.2, 0.25) is 0 Å². The Morgan fingerprint density at radius 2 is 2.26 bits per heavy atom. The van der Waals surface area contributed by atoms with E-state index in [0.717, 1.165) is 0 Å². The lowest BCUT2D eigenvalue weighted by Gasteiger charge is -2.37. The number of carbonyl (C=O) groups is 2. The van der Waals surface area contributed by atoms with Crippen molar-refractivity contribution in [1.82, 2.24) is 0 Å². The van der Waals surface area contributed by atoms with Crippen molar-refractivity contribution in [3.63, 3.8) is 0 Å². The molecule has 2 aliphatic heterocycles. The summed E-state index contributed by atoms with van der Waals surface area (Å²) in [6, 6.07) is 0. The van der Waals surface area contributed by atoms with Crippen LogP contribution in [0.15, 0.2) is 23.8 Å². The van der Waals surface area contributed by atoms with E-state index in [1.54, 1.807) is 6.08 Å². The zero-order valence-corrected chi connectivity index (χ0v) is 11.3. The summed E-state index contributed by atoms with van der Waals surface area (Å²) >= 11 is 0. The standard InChI is InChI=1S/C14H18O5/c1-4-5-11-13(18-9(3)15)7-10-12(19-11)6-8(2)17-14(10)16/h4-5,7-8,11-13H,6H2,1-3H3/b5-4+/t8-,11-,12+,13+/m1/s1. The summed E-state index contributed by atoms with van der Waals surface area (Å²) in [5.41, 5.74) is 0.449. The molecule has 0 aliphatic carbocycles. The number of esters is 2. The van der Waals surface area contributed by atoms with Gasteiger partial charge < -0.3 is 14.2 Å². The zero-order chi connectivity index (χ0) is 14.0. The van der Waals surface area contributed by atoms with Crippen LogP contribution in [-0.2, 0) is 23.8 Å². The van der Waals surface area contributed by atoms with Gasteiger partial charge in [-0.3, -0.25) is 4.79 Å². The van der Waals surface area contributed by atoms with Crippen molar-refractivity contribution >= 4 is 11.9 Å². The van der Waals surface area contributed by atoms with Crippen molar-refractivity contribution in [1.29, 1.82) is 0 Å². The Morgan fingerprint density at radius 3 is 2.89 bits per heavy atom. The number of ether oxygens (including phenoxy) is 3. The van der Waals surface area contributed by atoms with Crippen molar-refractivity contribution in [3.05, 3.63) is 23.8 Å². The molecular weight excluding hydrogens is 248 g/mol. The quantitative estimate of drug-likeness (QED) is 0.560. The largest absolute Gasteiger partial charge is 0.459 e. The van der Waals surface area contributed by atoms with E-state index in [2.05, 4.69) is 0 Å². The SMILES string of the molecule is C/C=C/[C@H]1O[C@H]2C[C@@H](C)OC(=O)C2=C[C@@H]1OC(C)=O. The van der Waals surface area contributed by atoms with Crippen LogP contribution in [-0.4, -0.2) is 36.4 Å². The molecule has 104 valence electrons. The van der Waals surface area contributed by atoms with Gasteiger partial charge in [0.15, 0.2) is 6.10 Å². The van der Waals surface area contributed by atoms with Crippen molar-refractivity contribution < 1.29 is 23.8 Å². The van der Waals surface area contributed by atoms with Crippen LogP contribution in [0.25, 0.3) is 0 Å². The van der Waals surface area contributed by atoms with Gasteiger partial charge in [0.1, 0.15) is 12.2 Å². The Bertz CT molecular complexity index is 437. The van der Waals surface area contributed by atoms with E-state index < -0.39 is 12.1 Å². The van der Waals surface area contributed by atoms with Crippen LogP contribution in [0.5, 0.6) is 0 Å². The maximum atomic E-state index is 11.8. The smallest absolute Gasteiger partial charge is 0.336 e. The fourth-order valence-corrected chi connectivity index (χ4v) is 2.34. The summed E-state index contributed by atoms with van der Waals surface area (Å²) in [4.78, 5) is 22.9. The first-order valence-corrected chi connectivity index (χ1v) is 6.39. The number of hydrogen-bond donors (Lipinski definition) is 0. The van der Waals surface area contributed by atoms with Crippen molar-refractivity contribution in [2.45, 2.75) is 51.6 Å². The lowest BCUT2D eigenvalue weighted by Crippen LogP contribution is -2.45. The maximum Gasteiger partial charge on any atom is 0.336 e. The molecule has 2 heterocycles. The third-order valence-electron chi connectivity index (χ3n) is 3.11. The highest BCUT2D eigenvalue weighted by atomic mass is 16.6. The Hall–Kier alpha value is -1.62. The number of hydrogen-bond acceptors (Lipinski definition) is 5. The van der Waals surface area contributed by atoms with Crippen molar-refractivity contribution in [2.75, 3.05) is 0 Å². The maximum absolute atomic E-state index is 11.8. The fraction of sp³-hybridized carbons (Fsp3) is 0.571. The summed E-state index contributed by atoms with van der Waals surface area (Å²) in [6.45, 7) is 5.03. The van der Waals surface area contributed by atoms with Gasteiger partial charge in [-0.1, -0.05) is 12.2 Å². The Labute approximate surface area is 112 Å². The molecule has 0 unspecified atom stereocenters. The van der Waals surface area contributed by atoms with E-state index in [1.807, 2.05) is 26.0 Å². The number of allylic oxidation sites excluding steroid dienone is 1. The molecule has 1 saturated heterocycles. The summed E-state index contributed by atoms with van der Waals surface area (Å²) in [7, 11) is 0. The highest BCUT2D eigenvalue weighted by Gasteiger charge is 2.40. The molecule has 0 bridgehead atoms. The highest BCUT2D eigenvalue weighted by Crippen LogP contribution is 2.30. The van der Waals surface area contributed by atoms with Gasteiger partial charge in [-0.25, -0.2) is 4.79 Å². The minimum absolute atomic E-state index is 0.161. The average Bonchev–Trinajstić information content (AvgIpc) is 2.30. The van der Waals surface area contributed by atoms with Gasteiger partial charge in [0.05, 0.1) is 11.7 Å². The highest BCUT2D eigenvalue weighted by molar-refractivity contribution is 5.91. The third-order valence-corrected chi connectivity index (χ3v) is 3.11. The van der Waals surface area contributed by atoms with E-state index in [-0.39, 0.29) is 24.3 Å². The molecule has 4 atom stereocenters. The second kappa shape index (κ2) is 5.57. The molecule has 5 nitrogen and oxygen atoms in total. The molecule has 0 aromatic heterocycles. The lowest BCUT2D eigenvalue weighted by atomic mass is 9.94.